The molecule has 7 rings (SSSR count). The molecule has 5 aliphatic rings. The Morgan fingerprint density at radius 2 is 1.84 bits per heavy atom. The zero-order chi connectivity index (χ0) is 16.1. The van der Waals surface area contributed by atoms with E-state index in [1.807, 2.05) is 29.7 Å². The number of dihydropyridines is 1. The summed E-state index contributed by atoms with van der Waals surface area (Å²) in [6, 6.07) is 11.0. The maximum atomic E-state index is 4.63. The highest BCUT2D eigenvalue weighted by Gasteiger charge is 2.57. The van der Waals surface area contributed by atoms with Crippen molar-refractivity contribution in [3.63, 3.8) is 0 Å². The summed E-state index contributed by atoms with van der Waals surface area (Å²) in [7, 11) is 0. The third kappa shape index (κ3) is 1.44. The SMILES string of the molecule is C1=CC2=C(NC1)SC1C3c4c(cccc4N4c5cccnc5SC34)N21. The molecule has 5 aliphatic heterocycles. The second kappa shape index (κ2) is 4.37. The number of rotatable bonds is 0. The average molecular weight is 362 g/mol. The van der Waals surface area contributed by atoms with Crippen LogP contribution in [0, 0.1) is 0 Å². The molecule has 0 amide bonds. The van der Waals surface area contributed by atoms with E-state index < -0.39 is 0 Å². The van der Waals surface area contributed by atoms with E-state index in [-0.39, 0.29) is 0 Å². The quantitative estimate of drug-likeness (QED) is 0.763. The number of nitrogens with zero attached hydrogens (tertiary/aromatic N) is 3. The van der Waals surface area contributed by atoms with Gasteiger partial charge in [-0.3, -0.25) is 0 Å². The molecule has 0 aliphatic carbocycles. The van der Waals surface area contributed by atoms with Gasteiger partial charge in [0, 0.05) is 35.6 Å². The van der Waals surface area contributed by atoms with Crippen molar-refractivity contribution in [1.29, 1.82) is 0 Å². The topological polar surface area (TPSA) is 31.4 Å². The molecule has 0 saturated carbocycles. The highest BCUT2D eigenvalue weighted by atomic mass is 32.2. The molecule has 3 unspecified atom stereocenters. The zero-order valence-electron chi connectivity index (χ0n) is 13.2. The predicted molar refractivity (Wildman–Crippen MR) is 103 cm³/mol. The number of aromatic nitrogens is 1. The third-order valence-electron chi connectivity index (χ3n) is 5.67. The van der Waals surface area contributed by atoms with E-state index in [2.05, 4.69) is 62.6 Å². The summed E-state index contributed by atoms with van der Waals surface area (Å²) in [6.07, 6.45) is 6.42. The van der Waals surface area contributed by atoms with E-state index in [4.69, 9.17) is 0 Å². The van der Waals surface area contributed by atoms with Gasteiger partial charge in [0.25, 0.3) is 0 Å². The van der Waals surface area contributed by atoms with E-state index >= 15 is 0 Å². The first-order valence-corrected chi connectivity index (χ1v) is 10.3. The Morgan fingerprint density at radius 1 is 1.00 bits per heavy atom. The van der Waals surface area contributed by atoms with Gasteiger partial charge in [0.1, 0.15) is 5.03 Å². The Balaban J connectivity index is 1.45. The lowest BCUT2D eigenvalue weighted by Crippen LogP contribution is -2.33. The van der Waals surface area contributed by atoms with Crippen molar-refractivity contribution in [1.82, 2.24) is 10.3 Å². The summed E-state index contributed by atoms with van der Waals surface area (Å²) in [5.74, 6) is 0.496. The Kier molecular flexibility index (Phi) is 2.31. The zero-order valence-corrected chi connectivity index (χ0v) is 14.8. The highest BCUT2D eigenvalue weighted by molar-refractivity contribution is 8.04. The Bertz CT molecular complexity index is 1010. The van der Waals surface area contributed by atoms with Crippen LogP contribution >= 0.6 is 23.5 Å². The molecular weight excluding hydrogens is 348 g/mol. The molecule has 122 valence electrons. The lowest BCUT2D eigenvalue weighted by molar-refractivity contribution is 0.694. The van der Waals surface area contributed by atoms with Gasteiger partial charge in [-0.1, -0.05) is 35.7 Å². The fraction of sp³-hybridized carbons (Fsp3) is 0.211. The van der Waals surface area contributed by atoms with Crippen molar-refractivity contribution in [2.45, 2.75) is 21.7 Å². The monoisotopic (exact) mass is 362 g/mol. The maximum absolute atomic E-state index is 4.63. The minimum Gasteiger partial charge on any atom is -0.375 e. The van der Waals surface area contributed by atoms with Gasteiger partial charge in [0.05, 0.1) is 27.2 Å². The summed E-state index contributed by atoms with van der Waals surface area (Å²) in [5, 5.41) is 6.91. The Morgan fingerprint density at radius 3 is 2.80 bits per heavy atom. The molecule has 2 aromatic rings. The number of benzene rings is 1. The molecule has 4 nitrogen and oxygen atoms in total. The van der Waals surface area contributed by atoms with Gasteiger partial charge >= 0.3 is 0 Å². The third-order valence-corrected chi connectivity index (χ3v) is 8.28. The normalized spacial score (nSPS) is 29.4. The maximum Gasteiger partial charge on any atom is 0.122 e. The van der Waals surface area contributed by atoms with Gasteiger partial charge < -0.3 is 15.1 Å². The van der Waals surface area contributed by atoms with Crippen molar-refractivity contribution in [2.24, 2.45) is 0 Å². The molecule has 6 heteroatoms. The second-order valence-electron chi connectivity index (χ2n) is 6.82. The standard InChI is InChI=1S/C19H14N4S2/c1-4-10-14-11(5-1)23-13-7-3-9-21-17(13)25-19(23)15(14)18-22(10)12-6-2-8-20-16(12)24-18/h1-8,15,18-19,21H,9H2. The summed E-state index contributed by atoms with van der Waals surface area (Å²) < 4.78 is 0. The lowest BCUT2D eigenvalue weighted by Gasteiger charge is -2.29. The van der Waals surface area contributed by atoms with E-state index in [1.165, 1.54) is 38.4 Å². The van der Waals surface area contributed by atoms with Crippen LogP contribution in [0.25, 0.3) is 0 Å². The van der Waals surface area contributed by atoms with Gasteiger partial charge in [-0.15, -0.1) is 0 Å². The molecule has 0 radical (unpaired) electrons. The summed E-state index contributed by atoms with van der Waals surface area (Å²) in [6.45, 7) is 0.934. The summed E-state index contributed by atoms with van der Waals surface area (Å²) in [5.41, 5.74) is 6.90. The molecule has 1 aromatic carbocycles. The summed E-state index contributed by atoms with van der Waals surface area (Å²) >= 11 is 3.93. The Labute approximate surface area is 154 Å². The number of hydrogen-bond donors (Lipinski definition) is 1. The van der Waals surface area contributed by atoms with Gasteiger partial charge in [-0.2, -0.15) is 0 Å². The smallest absolute Gasteiger partial charge is 0.122 e. The van der Waals surface area contributed by atoms with Crippen molar-refractivity contribution in [3.8, 4) is 0 Å². The number of fused-ring (bicyclic) bond motifs is 9. The Hall–Kier alpha value is -2.05. The van der Waals surface area contributed by atoms with Crippen LogP contribution in [0.15, 0.2) is 64.4 Å². The van der Waals surface area contributed by atoms with E-state index in [0.29, 0.717) is 16.7 Å². The van der Waals surface area contributed by atoms with Crippen LogP contribution < -0.4 is 15.1 Å². The lowest BCUT2D eigenvalue weighted by atomic mass is 10.0. The van der Waals surface area contributed by atoms with Crippen LogP contribution in [0.5, 0.6) is 0 Å². The second-order valence-corrected chi connectivity index (χ2v) is 9.05. The molecule has 3 atom stereocenters. The van der Waals surface area contributed by atoms with Crippen molar-refractivity contribution in [3.05, 3.63) is 65.0 Å². The first kappa shape index (κ1) is 13.2. The van der Waals surface area contributed by atoms with E-state index in [9.17, 15) is 0 Å². The van der Waals surface area contributed by atoms with Crippen LogP contribution in [0.4, 0.5) is 17.1 Å². The van der Waals surface area contributed by atoms with Gasteiger partial charge in [-0.25, -0.2) is 4.98 Å². The number of thioether (sulfide) groups is 2. The van der Waals surface area contributed by atoms with E-state index in [0.717, 1.165) is 6.54 Å². The number of allylic oxidation sites excluding steroid dienone is 1. The molecule has 0 bridgehead atoms. The van der Waals surface area contributed by atoms with Crippen LogP contribution in [0.2, 0.25) is 0 Å². The fourth-order valence-corrected chi connectivity index (χ4v) is 7.74. The number of hydrogen-bond acceptors (Lipinski definition) is 6. The molecule has 25 heavy (non-hydrogen) atoms. The molecule has 6 heterocycles. The molecule has 1 N–H and O–H groups in total. The van der Waals surface area contributed by atoms with Crippen molar-refractivity contribution in [2.75, 3.05) is 16.3 Å². The molecule has 1 aromatic heterocycles. The van der Waals surface area contributed by atoms with Crippen LogP contribution in [0.1, 0.15) is 11.5 Å². The molecule has 0 saturated heterocycles. The molecule has 0 spiro atoms. The minimum absolute atomic E-state index is 0.411. The molecular formula is C19H14N4S2. The highest BCUT2D eigenvalue weighted by Crippen LogP contribution is 2.67. The van der Waals surface area contributed by atoms with Crippen LogP contribution in [-0.2, 0) is 0 Å². The molecule has 0 fully saturated rings. The van der Waals surface area contributed by atoms with Gasteiger partial charge in [0.2, 0.25) is 0 Å². The fourth-order valence-electron chi connectivity index (χ4n) is 4.78. The van der Waals surface area contributed by atoms with E-state index in [1.54, 1.807) is 0 Å². The van der Waals surface area contributed by atoms with Crippen LogP contribution in [-0.4, -0.2) is 22.3 Å². The average Bonchev–Trinajstić information content (AvgIpc) is 3.35. The van der Waals surface area contributed by atoms with Gasteiger partial charge in [-0.05, 0) is 30.3 Å². The first-order valence-electron chi connectivity index (χ1n) is 8.56. The van der Waals surface area contributed by atoms with Gasteiger partial charge in [0.15, 0.2) is 0 Å². The van der Waals surface area contributed by atoms with Crippen LogP contribution in [0.3, 0.4) is 0 Å². The largest absolute Gasteiger partial charge is 0.375 e. The van der Waals surface area contributed by atoms with Crippen molar-refractivity contribution < 1.29 is 0 Å². The summed E-state index contributed by atoms with van der Waals surface area (Å²) in [4.78, 5) is 9.70. The minimum atomic E-state index is 0.411. The van der Waals surface area contributed by atoms with Crippen molar-refractivity contribution >= 4 is 40.6 Å². The first-order chi connectivity index (χ1) is 12.4. The number of nitrogens with one attached hydrogen (secondary N) is 1. The number of anilines is 3. The predicted octanol–water partition coefficient (Wildman–Crippen LogP) is 3.97. The number of pyridine rings is 1.